The minimum absolute atomic E-state index is 0.0107. The van der Waals surface area contributed by atoms with Gasteiger partial charge in [0.05, 0.1) is 11.6 Å². The lowest BCUT2D eigenvalue weighted by Crippen LogP contribution is -2.86. The van der Waals surface area contributed by atoms with Gasteiger partial charge in [-0.1, -0.05) is 6.07 Å². The molecule has 7 heteroatoms. The van der Waals surface area contributed by atoms with Crippen LogP contribution in [0.4, 0.5) is 14.5 Å². The quantitative estimate of drug-likeness (QED) is 0.784. The Labute approximate surface area is 147 Å². The van der Waals surface area contributed by atoms with E-state index in [9.17, 15) is 13.6 Å². The van der Waals surface area contributed by atoms with Gasteiger partial charge in [0.15, 0.2) is 6.54 Å². The van der Waals surface area contributed by atoms with Crippen LogP contribution in [-0.4, -0.2) is 19.6 Å². The predicted molar refractivity (Wildman–Crippen MR) is 90.9 cm³/mol. The van der Waals surface area contributed by atoms with Crippen LogP contribution in [0.15, 0.2) is 40.9 Å². The van der Waals surface area contributed by atoms with Gasteiger partial charge in [-0.25, -0.2) is 8.78 Å². The third-order valence-corrected chi connectivity index (χ3v) is 4.21. The van der Waals surface area contributed by atoms with E-state index in [1.54, 1.807) is 12.4 Å². The average molecular weight is 400 g/mol. The zero-order valence-electron chi connectivity index (χ0n) is 13.3. The third kappa shape index (κ3) is 4.52. The van der Waals surface area contributed by atoms with Gasteiger partial charge < -0.3 is 15.4 Å². The Morgan fingerprint density at radius 2 is 1.96 bits per heavy atom. The van der Waals surface area contributed by atoms with E-state index >= 15 is 0 Å². The fourth-order valence-corrected chi connectivity index (χ4v) is 2.75. The van der Waals surface area contributed by atoms with Gasteiger partial charge in [0.1, 0.15) is 29.1 Å². The number of benzene rings is 2. The summed E-state index contributed by atoms with van der Waals surface area (Å²) in [5.41, 5.74) is 0.572. The number of anilines is 1. The number of methoxy groups -OCH3 is 1. The summed E-state index contributed by atoms with van der Waals surface area (Å²) in [4.78, 5) is 11.9. The van der Waals surface area contributed by atoms with Crippen LogP contribution in [0, 0.1) is 11.6 Å². The molecule has 128 valence electrons. The maximum absolute atomic E-state index is 13.5. The lowest BCUT2D eigenvalue weighted by Gasteiger charge is -2.13. The first-order valence-corrected chi connectivity index (χ1v) is 8.12. The smallest absolute Gasteiger partial charge is 0.279 e. The van der Waals surface area contributed by atoms with Crippen molar-refractivity contribution < 1.29 is 23.6 Å². The molecule has 0 spiro atoms. The molecular weight excluding hydrogens is 382 g/mol. The van der Waals surface area contributed by atoms with Crippen molar-refractivity contribution in [2.45, 2.75) is 13.0 Å². The van der Waals surface area contributed by atoms with E-state index in [0.717, 1.165) is 27.9 Å². The molecule has 1 amide bonds. The van der Waals surface area contributed by atoms with Gasteiger partial charge in [-0.2, -0.15) is 0 Å². The Morgan fingerprint density at radius 3 is 2.54 bits per heavy atom. The summed E-state index contributed by atoms with van der Waals surface area (Å²) in [6.45, 7) is 1.98. The molecule has 0 aliphatic rings. The molecule has 0 aromatic heterocycles. The van der Waals surface area contributed by atoms with E-state index in [2.05, 4.69) is 21.2 Å². The van der Waals surface area contributed by atoms with Crippen LogP contribution < -0.4 is 15.4 Å². The SMILES string of the molecule is COc1ccc([C@@H](C)[NH2+]CC(=O)Nc2c(F)cccc2F)cc1Br. The number of rotatable bonds is 6. The van der Waals surface area contributed by atoms with Crippen LogP contribution in [0.25, 0.3) is 0 Å². The largest absolute Gasteiger partial charge is 0.496 e. The maximum atomic E-state index is 13.5. The number of para-hydroxylation sites is 1. The zero-order valence-corrected chi connectivity index (χ0v) is 14.9. The number of amides is 1. The molecule has 2 aromatic carbocycles. The van der Waals surface area contributed by atoms with E-state index < -0.39 is 23.2 Å². The molecule has 0 saturated carbocycles. The first-order chi connectivity index (χ1) is 11.4. The number of hydrogen-bond donors (Lipinski definition) is 2. The van der Waals surface area contributed by atoms with Crippen molar-refractivity contribution in [3.63, 3.8) is 0 Å². The summed E-state index contributed by atoms with van der Waals surface area (Å²) < 4.78 is 33.0. The van der Waals surface area contributed by atoms with Crippen molar-refractivity contribution in [2.24, 2.45) is 0 Å². The standard InChI is InChI=1S/C17H17BrF2N2O2/c1-10(11-6-7-15(24-2)12(18)8-11)21-9-16(23)22-17-13(19)4-3-5-14(17)20/h3-8,10,21H,9H2,1-2H3,(H,22,23)/p+1/t10-/m1/s1. The molecule has 0 aliphatic heterocycles. The molecule has 0 bridgehead atoms. The molecule has 0 aliphatic carbocycles. The highest BCUT2D eigenvalue weighted by molar-refractivity contribution is 9.10. The number of halogens is 3. The van der Waals surface area contributed by atoms with Crippen molar-refractivity contribution in [3.8, 4) is 5.75 Å². The van der Waals surface area contributed by atoms with Gasteiger partial charge in [-0.15, -0.1) is 0 Å². The minimum atomic E-state index is -0.796. The summed E-state index contributed by atoms with van der Waals surface area (Å²) in [7, 11) is 1.58. The topological polar surface area (TPSA) is 54.9 Å². The molecule has 24 heavy (non-hydrogen) atoms. The zero-order chi connectivity index (χ0) is 17.7. The first kappa shape index (κ1) is 18.4. The Balaban J connectivity index is 1.95. The van der Waals surface area contributed by atoms with E-state index in [1.807, 2.05) is 25.1 Å². The van der Waals surface area contributed by atoms with Crippen LogP contribution in [0.1, 0.15) is 18.5 Å². The number of nitrogens with one attached hydrogen (secondary N) is 1. The Morgan fingerprint density at radius 1 is 1.29 bits per heavy atom. The summed E-state index contributed by atoms with van der Waals surface area (Å²) >= 11 is 3.41. The van der Waals surface area contributed by atoms with E-state index in [0.29, 0.717) is 0 Å². The molecule has 0 heterocycles. The molecule has 4 nitrogen and oxygen atoms in total. The number of carbonyl (C=O) groups excluding carboxylic acids is 1. The fraction of sp³-hybridized carbons (Fsp3) is 0.235. The van der Waals surface area contributed by atoms with Crippen LogP contribution >= 0.6 is 15.9 Å². The number of carbonyl (C=O) groups is 1. The van der Waals surface area contributed by atoms with Gasteiger partial charge in [-0.3, -0.25) is 4.79 Å². The Bertz CT molecular complexity index is 720. The normalized spacial score (nSPS) is 11.9. The number of hydrogen-bond acceptors (Lipinski definition) is 2. The second-order valence-electron chi connectivity index (χ2n) is 5.27. The molecule has 1 atom stereocenters. The molecule has 2 aromatic rings. The molecular formula is C17H18BrF2N2O2+. The maximum Gasteiger partial charge on any atom is 0.279 e. The van der Waals surface area contributed by atoms with Gasteiger partial charge in [0.2, 0.25) is 0 Å². The Hall–Kier alpha value is -1.99. The van der Waals surface area contributed by atoms with Crippen molar-refractivity contribution >= 4 is 27.5 Å². The van der Waals surface area contributed by atoms with Gasteiger partial charge in [0, 0.05) is 5.56 Å². The highest BCUT2D eigenvalue weighted by Gasteiger charge is 2.16. The van der Waals surface area contributed by atoms with E-state index in [1.165, 1.54) is 6.07 Å². The van der Waals surface area contributed by atoms with Gasteiger partial charge in [0.25, 0.3) is 5.91 Å². The van der Waals surface area contributed by atoms with Crippen molar-refractivity contribution in [1.29, 1.82) is 0 Å². The Kier molecular flexibility index (Phi) is 6.28. The summed E-state index contributed by atoms with van der Waals surface area (Å²) in [5, 5.41) is 4.05. The first-order valence-electron chi connectivity index (χ1n) is 7.33. The lowest BCUT2D eigenvalue weighted by atomic mass is 10.1. The summed E-state index contributed by atoms with van der Waals surface area (Å²) in [6.07, 6.45) is 0. The summed E-state index contributed by atoms with van der Waals surface area (Å²) in [5.74, 6) is -1.34. The van der Waals surface area contributed by atoms with E-state index in [4.69, 9.17) is 4.74 Å². The fourth-order valence-electron chi connectivity index (χ4n) is 2.19. The molecule has 0 radical (unpaired) electrons. The van der Waals surface area contributed by atoms with Crippen LogP contribution in [-0.2, 0) is 4.79 Å². The second-order valence-corrected chi connectivity index (χ2v) is 6.12. The van der Waals surface area contributed by atoms with Crippen molar-refractivity contribution in [2.75, 3.05) is 19.0 Å². The molecule has 3 N–H and O–H groups in total. The third-order valence-electron chi connectivity index (χ3n) is 3.59. The van der Waals surface area contributed by atoms with E-state index in [-0.39, 0.29) is 12.6 Å². The highest BCUT2D eigenvalue weighted by atomic mass is 79.9. The van der Waals surface area contributed by atoms with Crippen LogP contribution in [0.5, 0.6) is 5.75 Å². The molecule has 0 unspecified atom stereocenters. The van der Waals surface area contributed by atoms with Crippen molar-refractivity contribution in [3.05, 3.63) is 58.1 Å². The number of quaternary nitrogens is 1. The monoisotopic (exact) mass is 399 g/mol. The molecule has 0 fully saturated rings. The minimum Gasteiger partial charge on any atom is -0.496 e. The summed E-state index contributed by atoms with van der Waals surface area (Å²) in [6, 6.07) is 9.07. The predicted octanol–water partition coefficient (Wildman–Crippen LogP) is 3.00. The number of nitrogens with two attached hydrogens (primary N) is 1. The highest BCUT2D eigenvalue weighted by Crippen LogP contribution is 2.27. The number of ether oxygens (including phenoxy) is 1. The second kappa shape index (κ2) is 8.21. The average Bonchev–Trinajstić information content (AvgIpc) is 2.56. The van der Waals surface area contributed by atoms with Crippen LogP contribution in [0.2, 0.25) is 0 Å². The molecule has 2 rings (SSSR count). The van der Waals surface area contributed by atoms with Gasteiger partial charge in [-0.05, 0) is 53.2 Å². The lowest BCUT2D eigenvalue weighted by molar-refractivity contribution is -0.682. The van der Waals surface area contributed by atoms with Crippen LogP contribution in [0.3, 0.4) is 0 Å². The van der Waals surface area contributed by atoms with Crippen molar-refractivity contribution in [1.82, 2.24) is 0 Å². The molecule has 0 saturated heterocycles. The van der Waals surface area contributed by atoms with Gasteiger partial charge >= 0.3 is 0 Å².